The summed E-state index contributed by atoms with van der Waals surface area (Å²) in [5.41, 5.74) is 1.04. The molecule has 0 fully saturated rings. The van der Waals surface area contributed by atoms with Crippen molar-refractivity contribution in [3.8, 4) is 0 Å². The quantitative estimate of drug-likeness (QED) is 0.601. The normalized spacial score (nSPS) is 12.9. The highest BCUT2D eigenvalue weighted by molar-refractivity contribution is 5.13. The van der Waals surface area contributed by atoms with Crippen molar-refractivity contribution in [1.29, 1.82) is 0 Å². The van der Waals surface area contributed by atoms with Gasteiger partial charge in [-0.05, 0) is 11.9 Å². The Morgan fingerprint density at radius 1 is 1.36 bits per heavy atom. The van der Waals surface area contributed by atoms with Crippen LogP contribution in [-0.2, 0) is 11.3 Å². The zero-order valence-electron chi connectivity index (χ0n) is 6.49. The van der Waals surface area contributed by atoms with Crippen LogP contribution in [0.5, 0.6) is 0 Å². The van der Waals surface area contributed by atoms with Crippen LogP contribution in [0.25, 0.3) is 0 Å². The fourth-order valence-electron chi connectivity index (χ4n) is 0.788. The molecular weight excluding hydrogens is 140 g/mol. The molecule has 0 bridgehead atoms. The molecule has 0 N–H and O–H groups in total. The van der Waals surface area contributed by atoms with Gasteiger partial charge in [-0.3, -0.25) is 0 Å². The van der Waals surface area contributed by atoms with Crippen LogP contribution in [0.3, 0.4) is 0 Å². The van der Waals surface area contributed by atoms with Gasteiger partial charge in [0, 0.05) is 0 Å². The minimum absolute atomic E-state index is 0.408. The highest BCUT2D eigenvalue weighted by Gasteiger charge is 1.89. The van der Waals surface area contributed by atoms with Gasteiger partial charge in [0.05, 0.1) is 6.61 Å². The summed E-state index contributed by atoms with van der Waals surface area (Å²) in [4.78, 5) is 0. The zero-order valence-corrected chi connectivity index (χ0v) is 6.49. The van der Waals surface area contributed by atoms with Gasteiger partial charge in [0.1, 0.15) is 0 Å². The molecule has 1 atom stereocenters. The molecule has 1 aromatic rings. The molecule has 0 heterocycles. The SMILES string of the molecule is CC([O-])OCc1ccccc1. The molecule has 2 nitrogen and oxygen atoms in total. The van der Waals surface area contributed by atoms with Gasteiger partial charge in [0.2, 0.25) is 0 Å². The van der Waals surface area contributed by atoms with Crippen molar-refractivity contribution in [3.05, 3.63) is 35.9 Å². The Morgan fingerprint density at radius 2 is 2.00 bits per heavy atom. The summed E-state index contributed by atoms with van der Waals surface area (Å²) in [5, 5.41) is 10.5. The molecule has 0 aliphatic rings. The molecule has 2 heteroatoms. The lowest BCUT2D eigenvalue weighted by molar-refractivity contribution is -0.487. The van der Waals surface area contributed by atoms with Crippen LogP contribution in [0, 0.1) is 0 Å². The lowest BCUT2D eigenvalue weighted by Crippen LogP contribution is -2.23. The molecule has 1 rings (SSSR count). The van der Waals surface area contributed by atoms with E-state index >= 15 is 0 Å². The number of hydrogen-bond donors (Lipinski definition) is 0. The van der Waals surface area contributed by atoms with Gasteiger partial charge in [-0.1, -0.05) is 37.3 Å². The zero-order chi connectivity index (χ0) is 8.10. The largest absolute Gasteiger partial charge is 0.831 e. The Balaban J connectivity index is 2.39. The molecule has 0 saturated carbocycles. The van der Waals surface area contributed by atoms with Crippen molar-refractivity contribution < 1.29 is 9.84 Å². The maximum Gasteiger partial charge on any atom is 0.0702 e. The fourth-order valence-corrected chi connectivity index (χ4v) is 0.788. The predicted molar refractivity (Wildman–Crippen MR) is 40.7 cm³/mol. The van der Waals surface area contributed by atoms with Crippen LogP contribution in [0.1, 0.15) is 12.5 Å². The number of ether oxygens (including phenoxy) is 1. The van der Waals surface area contributed by atoms with Crippen molar-refractivity contribution in [2.45, 2.75) is 19.8 Å². The molecule has 0 amide bonds. The van der Waals surface area contributed by atoms with Crippen molar-refractivity contribution in [2.75, 3.05) is 0 Å². The van der Waals surface area contributed by atoms with Crippen molar-refractivity contribution >= 4 is 0 Å². The minimum Gasteiger partial charge on any atom is -0.831 e. The van der Waals surface area contributed by atoms with Crippen molar-refractivity contribution in [2.24, 2.45) is 0 Å². The van der Waals surface area contributed by atoms with E-state index in [1.54, 1.807) is 0 Å². The van der Waals surface area contributed by atoms with Crippen molar-refractivity contribution in [3.63, 3.8) is 0 Å². The van der Waals surface area contributed by atoms with Crippen LogP contribution < -0.4 is 5.11 Å². The first-order chi connectivity index (χ1) is 5.29. The van der Waals surface area contributed by atoms with Gasteiger partial charge >= 0.3 is 0 Å². The predicted octanol–water partition coefficient (Wildman–Crippen LogP) is 0.909. The Bertz CT molecular complexity index is 194. The molecule has 1 unspecified atom stereocenters. The van der Waals surface area contributed by atoms with E-state index in [9.17, 15) is 5.11 Å². The van der Waals surface area contributed by atoms with E-state index in [-0.39, 0.29) is 0 Å². The van der Waals surface area contributed by atoms with Gasteiger partial charge < -0.3 is 9.84 Å². The van der Waals surface area contributed by atoms with Gasteiger partial charge in [-0.15, -0.1) is 0 Å². The van der Waals surface area contributed by atoms with E-state index in [4.69, 9.17) is 4.74 Å². The third kappa shape index (κ3) is 3.16. The van der Waals surface area contributed by atoms with Crippen LogP contribution in [-0.4, -0.2) is 6.29 Å². The summed E-state index contributed by atoms with van der Waals surface area (Å²) in [5.74, 6) is 0. The molecule has 0 spiro atoms. The monoisotopic (exact) mass is 151 g/mol. The average molecular weight is 151 g/mol. The molecule has 60 valence electrons. The molecule has 0 aliphatic carbocycles. The Labute approximate surface area is 66.4 Å². The minimum atomic E-state index is -0.935. The summed E-state index contributed by atoms with van der Waals surface area (Å²) in [6.45, 7) is 1.90. The van der Waals surface area contributed by atoms with E-state index in [0.717, 1.165) is 5.56 Å². The van der Waals surface area contributed by atoms with E-state index in [2.05, 4.69) is 0 Å². The second-order valence-corrected chi connectivity index (χ2v) is 2.36. The molecule has 0 aromatic heterocycles. The fraction of sp³-hybridized carbons (Fsp3) is 0.333. The summed E-state index contributed by atoms with van der Waals surface area (Å²) >= 11 is 0. The van der Waals surface area contributed by atoms with E-state index in [0.29, 0.717) is 6.61 Å². The smallest absolute Gasteiger partial charge is 0.0702 e. The second kappa shape index (κ2) is 4.11. The van der Waals surface area contributed by atoms with Gasteiger partial charge in [0.25, 0.3) is 0 Å². The van der Waals surface area contributed by atoms with Gasteiger partial charge in [-0.2, -0.15) is 0 Å². The first-order valence-corrected chi connectivity index (χ1v) is 3.60. The topological polar surface area (TPSA) is 32.3 Å². The highest BCUT2D eigenvalue weighted by Crippen LogP contribution is 2.00. The van der Waals surface area contributed by atoms with E-state index in [1.807, 2.05) is 30.3 Å². The third-order valence-electron chi connectivity index (χ3n) is 1.33. The lowest BCUT2D eigenvalue weighted by atomic mass is 10.2. The van der Waals surface area contributed by atoms with Crippen LogP contribution in [0.15, 0.2) is 30.3 Å². The Morgan fingerprint density at radius 3 is 2.55 bits per heavy atom. The second-order valence-electron chi connectivity index (χ2n) is 2.36. The summed E-state index contributed by atoms with van der Waals surface area (Å²) in [6, 6.07) is 9.65. The number of hydrogen-bond acceptors (Lipinski definition) is 2. The van der Waals surface area contributed by atoms with Crippen molar-refractivity contribution in [1.82, 2.24) is 0 Å². The van der Waals surface area contributed by atoms with E-state index < -0.39 is 6.29 Å². The number of rotatable bonds is 3. The summed E-state index contributed by atoms with van der Waals surface area (Å²) in [7, 11) is 0. The van der Waals surface area contributed by atoms with Crippen LogP contribution >= 0.6 is 0 Å². The third-order valence-corrected chi connectivity index (χ3v) is 1.33. The molecular formula is C9H11O2-. The molecule has 0 radical (unpaired) electrons. The highest BCUT2D eigenvalue weighted by atomic mass is 16.6. The first kappa shape index (κ1) is 8.24. The molecule has 1 aromatic carbocycles. The average Bonchev–Trinajstić information content (AvgIpc) is 2.03. The van der Waals surface area contributed by atoms with Crippen LogP contribution in [0.2, 0.25) is 0 Å². The maximum atomic E-state index is 10.5. The van der Waals surface area contributed by atoms with Gasteiger partial charge in [0.15, 0.2) is 0 Å². The maximum absolute atomic E-state index is 10.5. The van der Waals surface area contributed by atoms with Gasteiger partial charge in [-0.25, -0.2) is 0 Å². The summed E-state index contributed by atoms with van der Waals surface area (Å²) in [6.07, 6.45) is -0.935. The van der Waals surface area contributed by atoms with E-state index in [1.165, 1.54) is 6.92 Å². The summed E-state index contributed by atoms with van der Waals surface area (Å²) < 4.78 is 4.87. The number of benzene rings is 1. The lowest BCUT2D eigenvalue weighted by Gasteiger charge is -2.16. The Kier molecular flexibility index (Phi) is 3.08. The first-order valence-electron chi connectivity index (χ1n) is 3.60. The standard InChI is InChI=1S/C9H11O2/c1-8(10)11-7-9-5-3-2-4-6-9/h2-6,8H,7H2,1H3/q-1. The molecule has 0 aliphatic heterocycles. The molecule has 11 heavy (non-hydrogen) atoms. The Hall–Kier alpha value is -0.860. The molecule has 0 saturated heterocycles. The van der Waals surface area contributed by atoms with Crippen LogP contribution in [0.4, 0.5) is 0 Å².